The van der Waals surface area contributed by atoms with Crippen LogP contribution in [0.4, 0.5) is 0 Å². The molecule has 0 radical (unpaired) electrons. The van der Waals surface area contributed by atoms with Crippen LogP contribution in [0.1, 0.15) is 33.6 Å². The topological polar surface area (TPSA) is 86.1 Å². The van der Waals surface area contributed by atoms with Gasteiger partial charge in [-0.25, -0.2) is 8.42 Å². The Labute approximate surface area is 96.3 Å². The van der Waals surface area contributed by atoms with Gasteiger partial charge in [-0.3, -0.25) is 0 Å². The van der Waals surface area contributed by atoms with Gasteiger partial charge in [-0.2, -0.15) is 4.31 Å². The molecule has 0 spiro atoms. The van der Waals surface area contributed by atoms with Gasteiger partial charge in [0.25, 0.3) is 0 Å². The van der Waals surface area contributed by atoms with Crippen LogP contribution in [0, 0.1) is 0 Å². The predicted octanol–water partition coefficient (Wildman–Crippen LogP) is 1.89. The minimum Gasteiger partial charge on any atom is -0.212 e. The first-order valence-corrected chi connectivity index (χ1v) is 6.61. The highest BCUT2D eigenvalue weighted by molar-refractivity contribution is 7.90. The molecule has 0 aromatic carbocycles. The summed E-state index contributed by atoms with van der Waals surface area (Å²) in [6, 6.07) is 0. The van der Waals surface area contributed by atoms with E-state index in [1.807, 2.05) is 20.8 Å². The van der Waals surface area contributed by atoms with Crippen molar-refractivity contribution in [3.05, 3.63) is 10.4 Å². The fourth-order valence-electron chi connectivity index (χ4n) is 1.45. The third kappa shape index (κ3) is 2.16. The zero-order valence-electron chi connectivity index (χ0n) is 10.1. The second-order valence-corrected chi connectivity index (χ2v) is 7.58. The van der Waals surface area contributed by atoms with E-state index in [4.69, 9.17) is 5.53 Å². The van der Waals surface area contributed by atoms with Gasteiger partial charge < -0.3 is 0 Å². The average molecular weight is 246 g/mol. The van der Waals surface area contributed by atoms with E-state index < -0.39 is 20.3 Å². The molecule has 7 heteroatoms. The fraction of sp³-hybridized carbons (Fsp3) is 1.00. The summed E-state index contributed by atoms with van der Waals surface area (Å²) in [6.45, 7) is 5.56. The summed E-state index contributed by atoms with van der Waals surface area (Å²) in [6.07, 6.45) is 1.16. The molecule has 0 amide bonds. The Morgan fingerprint density at radius 2 is 1.94 bits per heavy atom. The Morgan fingerprint density at radius 1 is 1.44 bits per heavy atom. The average Bonchev–Trinajstić information content (AvgIpc) is 2.93. The third-order valence-electron chi connectivity index (χ3n) is 3.08. The van der Waals surface area contributed by atoms with Crippen molar-refractivity contribution in [2.75, 3.05) is 13.6 Å². The van der Waals surface area contributed by atoms with Crippen molar-refractivity contribution in [3.8, 4) is 0 Å². The molecule has 1 saturated carbocycles. The lowest BCUT2D eigenvalue weighted by atomic mass is 10.1. The number of hydrogen-bond donors (Lipinski definition) is 0. The molecule has 16 heavy (non-hydrogen) atoms. The quantitative estimate of drug-likeness (QED) is 0.431. The van der Waals surface area contributed by atoms with Crippen LogP contribution >= 0.6 is 0 Å². The lowest BCUT2D eigenvalue weighted by molar-refractivity contribution is 0.287. The van der Waals surface area contributed by atoms with Crippen molar-refractivity contribution in [2.45, 2.75) is 43.9 Å². The largest absolute Gasteiger partial charge is 0.220 e. The Balaban J connectivity index is 2.99. The molecular formula is C9H18N4O2S. The van der Waals surface area contributed by atoms with Gasteiger partial charge in [0.2, 0.25) is 10.0 Å². The predicted molar refractivity (Wildman–Crippen MR) is 62.4 cm³/mol. The molecule has 0 bridgehead atoms. The highest BCUT2D eigenvalue weighted by atomic mass is 32.2. The van der Waals surface area contributed by atoms with E-state index in [2.05, 4.69) is 10.0 Å². The summed E-state index contributed by atoms with van der Waals surface area (Å²) < 4.78 is 25.1. The first kappa shape index (κ1) is 13.3. The van der Waals surface area contributed by atoms with E-state index in [0.717, 1.165) is 0 Å². The van der Waals surface area contributed by atoms with Crippen LogP contribution in [-0.2, 0) is 10.0 Å². The summed E-state index contributed by atoms with van der Waals surface area (Å²) in [4.78, 5) is 2.64. The highest BCUT2D eigenvalue weighted by Gasteiger charge is 2.56. The number of sulfonamides is 1. The van der Waals surface area contributed by atoms with E-state index in [0.29, 0.717) is 12.8 Å². The van der Waals surface area contributed by atoms with Crippen LogP contribution in [-0.4, -0.2) is 36.6 Å². The highest BCUT2D eigenvalue weighted by Crippen LogP contribution is 2.46. The van der Waals surface area contributed by atoms with Crippen molar-refractivity contribution in [3.63, 3.8) is 0 Å². The van der Waals surface area contributed by atoms with E-state index in [1.165, 1.54) is 4.31 Å². The summed E-state index contributed by atoms with van der Waals surface area (Å²) in [7, 11) is -1.81. The summed E-state index contributed by atoms with van der Waals surface area (Å²) in [5, 5.41) is 3.41. The Kier molecular flexibility index (Phi) is 3.24. The SMILES string of the molecule is CN(C(C)(C)C)S(=O)(=O)C1(CN=[N+]=[N-])CC1. The molecule has 1 fully saturated rings. The van der Waals surface area contributed by atoms with Gasteiger partial charge in [0.05, 0.1) is 4.75 Å². The maximum Gasteiger partial charge on any atom is 0.220 e. The second-order valence-electron chi connectivity index (χ2n) is 5.22. The first-order chi connectivity index (χ1) is 7.17. The summed E-state index contributed by atoms with van der Waals surface area (Å²) in [5.41, 5.74) is 7.82. The molecule has 0 aromatic rings. The van der Waals surface area contributed by atoms with E-state index in [-0.39, 0.29) is 6.54 Å². The zero-order valence-corrected chi connectivity index (χ0v) is 11.0. The maximum absolute atomic E-state index is 12.3. The minimum atomic E-state index is -3.39. The molecule has 0 unspecified atom stereocenters. The van der Waals surface area contributed by atoms with Gasteiger partial charge in [-0.05, 0) is 39.1 Å². The van der Waals surface area contributed by atoms with Crippen molar-refractivity contribution in [1.29, 1.82) is 0 Å². The molecule has 1 rings (SSSR count). The van der Waals surface area contributed by atoms with Crippen LogP contribution in [0.2, 0.25) is 0 Å². The van der Waals surface area contributed by atoms with Crippen LogP contribution in [0.25, 0.3) is 10.4 Å². The molecule has 1 aliphatic carbocycles. The van der Waals surface area contributed by atoms with Crippen LogP contribution in [0.15, 0.2) is 5.11 Å². The molecular weight excluding hydrogens is 228 g/mol. The van der Waals surface area contributed by atoms with E-state index >= 15 is 0 Å². The van der Waals surface area contributed by atoms with Gasteiger partial charge in [-0.15, -0.1) is 0 Å². The minimum absolute atomic E-state index is 0.0340. The third-order valence-corrected chi connectivity index (χ3v) is 5.98. The van der Waals surface area contributed by atoms with E-state index in [9.17, 15) is 8.42 Å². The smallest absolute Gasteiger partial charge is 0.212 e. The lowest BCUT2D eigenvalue weighted by Crippen LogP contribution is -2.48. The maximum atomic E-state index is 12.3. The standard InChI is InChI=1S/C9H18N4O2S/c1-8(2,3)13(4)16(14,15)9(5-6-9)7-11-12-10/h5-7H2,1-4H3. The zero-order chi connectivity index (χ0) is 12.6. The Hall–Kier alpha value is -0.780. The summed E-state index contributed by atoms with van der Waals surface area (Å²) in [5.74, 6) is 0. The van der Waals surface area contributed by atoms with Gasteiger partial charge in [0.15, 0.2) is 0 Å². The molecule has 6 nitrogen and oxygen atoms in total. The van der Waals surface area contributed by atoms with Crippen LogP contribution in [0.3, 0.4) is 0 Å². The normalized spacial score (nSPS) is 19.3. The second kappa shape index (κ2) is 3.91. The molecule has 0 saturated heterocycles. The Bertz CT molecular complexity index is 413. The molecule has 0 atom stereocenters. The molecule has 0 aliphatic heterocycles. The van der Waals surface area contributed by atoms with Gasteiger partial charge in [0.1, 0.15) is 0 Å². The van der Waals surface area contributed by atoms with Crippen molar-refractivity contribution < 1.29 is 8.42 Å². The number of rotatable bonds is 4. The fourth-order valence-corrected chi connectivity index (χ4v) is 3.59. The van der Waals surface area contributed by atoms with Gasteiger partial charge in [-0.1, -0.05) is 5.11 Å². The summed E-state index contributed by atoms with van der Waals surface area (Å²) >= 11 is 0. The van der Waals surface area contributed by atoms with Crippen molar-refractivity contribution in [2.24, 2.45) is 5.11 Å². The molecule has 0 aromatic heterocycles. The van der Waals surface area contributed by atoms with Crippen LogP contribution in [0.5, 0.6) is 0 Å². The first-order valence-electron chi connectivity index (χ1n) is 5.17. The number of nitrogens with zero attached hydrogens (tertiary/aromatic N) is 4. The molecule has 0 heterocycles. The van der Waals surface area contributed by atoms with Crippen molar-refractivity contribution in [1.82, 2.24) is 4.31 Å². The van der Waals surface area contributed by atoms with Gasteiger partial charge in [0, 0.05) is 24.0 Å². The number of azide groups is 1. The monoisotopic (exact) mass is 246 g/mol. The van der Waals surface area contributed by atoms with Crippen LogP contribution < -0.4 is 0 Å². The van der Waals surface area contributed by atoms with Crippen molar-refractivity contribution >= 4 is 10.0 Å². The Morgan fingerprint density at radius 3 is 2.25 bits per heavy atom. The lowest BCUT2D eigenvalue weighted by Gasteiger charge is -2.34. The van der Waals surface area contributed by atoms with E-state index in [1.54, 1.807) is 7.05 Å². The molecule has 1 aliphatic rings. The molecule has 92 valence electrons. The molecule has 0 N–H and O–H groups in total. The number of hydrogen-bond acceptors (Lipinski definition) is 3. The van der Waals surface area contributed by atoms with Gasteiger partial charge >= 0.3 is 0 Å².